The molecule has 0 unspecified atom stereocenters. The topological polar surface area (TPSA) is 78.2 Å². The molecule has 0 aliphatic carbocycles. The van der Waals surface area contributed by atoms with E-state index in [1.54, 1.807) is 19.1 Å². The molecule has 0 N–H and O–H groups in total. The van der Waals surface area contributed by atoms with Gasteiger partial charge in [0.1, 0.15) is 0 Å². The van der Waals surface area contributed by atoms with Crippen LogP contribution in [0.1, 0.15) is 5.56 Å². The number of halogens is 2. The van der Waals surface area contributed by atoms with E-state index >= 15 is 0 Å². The molecule has 0 aliphatic rings. The van der Waals surface area contributed by atoms with Crippen molar-refractivity contribution < 1.29 is 9.66 Å². The third kappa shape index (κ3) is 2.99. The standard InChI is InChI=1S/C11H7BrClN3O3/c1-6-3-2-4-8(16(17)18)9(6)19-10-7(12)5-14-11(13)15-10/h2-5H,1H3. The minimum Gasteiger partial charge on any atom is -0.430 e. The Kier molecular flexibility index (Phi) is 3.96. The van der Waals surface area contributed by atoms with Crippen LogP contribution in [-0.4, -0.2) is 14.9 Å². The predicted octanol–water partition coefficient (Wildman–Crippen LogP) is 3.90. The molecule has 0 bridgehead atoms. The van der Waals surface area contributed by atoms with E-state index in [9.17, 15) is 10.1 Å². The van der Waals surface area contributed by atoms with E-state index in [1.807, 2.05) is 0 Å². The number of benzene rings is 1. The SMILES string of the molecule is Cc1cccc([N+](=O)[O-])c1Oc1nc(Cl)ncc1Br. The lowest BCUT2D eigenvalue weighted by atomic mass is 10.2. The summed E-state index contributed by atoms with van der Waals surface area (Å²) in [4.78, 5) is 18.1. The summed E-state index contributed by atoms with van der Waals surface area (Å²) in [5.74, 6) is 0.250. The Labute approximate surface area is 121 Å². The molecule has 98 valence electrons. The van der Waals surface area contributed by atoms with Crippen LogP contribution in [0.3, 0.4) is 0 Å². The molecule has 0 amide bonds. The summed E-state index contributed by atoms with van der Waals surface area (Å²) in [5.41, 5.74) is 0.484. The van der Waals surface area contributed by atoms with Crippen LogP contribution in [0.4, 0.5) is 5.69 Å². The number of para-hydroxylation sites is 1. The van der Waals surface area contributed by atoms with Crippen molar-refractivity contribution in [2.75, 3.05) is 0 Å². The van der Waals surface area contributed by atoms with Gasteiger partial charge < -0.3 is 4.74 Å². The van der Waals surface area contributed by atoms with Gasteiger partial charge in [-0.05, 0) is 40.0 Å². The summed E-state index contributed by atoms with van der Waals surface area (Å²) in [6.07, 6.45) is 1.41. The highest BCUT2D eigenvalue weighted by Crippen LogP contribution is 2.36. The first kappa shape index (κ1) is 13.7. The lowest BCUT2D eigenvalue weighted by molar-refractivity contribution is -0.385. The van der Waals surface area contributed by atoms with Gasteiger partial charge in [-0.2, -0.15) is 4.98 Å². The second kappa shape index (κ2) is 5.50. The molecule has 0 radical (unpaired) electrons. The third-order valence-electron chi connectivity index (χ3n) is 2.27. The maximum atomic E-state index is 11.0. The Morgan fingerprint density at radius 2 is 2.21 bits per heavy atom. The smallest absolute Gasteiger partial charge is 0.311 e. The molecule has 0 spiro atoms. The summed E-state index contributed by atoms with van der Waals surface area (Å²) in [6.45, 7) is 1.71. The van der Waals surface area contributed by atoms with E-state index in [-0.39, 0.29) is 22.6 Å². The van der Waals surface area contributed by atoms with Crippen LogP contribution in [-0.2, 0) is 0 Å². The number of aromatic nitrogens is 2. The fourth-order valence-corrected chi connectivity index (χ4v) is 1.81. The number of hydrogen-bond donors (Lipinski definition) is 0. The summed E-state index contributed by atoms with van der Waals surface area (Å²) >= 11 is 8.86. The van der Waals surface area contributed by atoms with Gasteiger partial charge in [-0.1, -0.05) is 12.1 Å². The van der Waals surface area contributed by atoms with Crippen LogP contribution >= 0.6 is 27.5 Å². The first-order chi connectivity index (χ1) is 8.99. The van der Waals surface area contributed by atoms with Crippen molar-refractivity contribution >= 4 is 33.2 Å². The largest absolute Gasteiger partial charge is 0.430 e. The van der Waals surface area contributed by atoms with E-state index in [0.29, 0.717) is 10.0 Å². The molecule has 0 aliphatic heterocycles. The Morgan fingerprint density at radius 3 is 2.89 bits per heavy atom. The fourth-order valence-electron chi connectivity index (χ4n) is 1.41. The molecule has 0 saturated carbocycles. The number of rotatable bonds is 3. The number of nitro benzene ring substituents is 1. The van der Waals surface area contributed by atoms with Gasteiger partial charge in [-0.15, -0.1) is 0 Å². The molecule has 1 heterocycles. The summed E-state index contributed by atoms with van der Waals surface area (Å²) in [5, 5.41) is 11.0. The first-order valence-electron chi connectivity index (χ1n) is 5.09. The predicted molar refractivity (Wildman–Crippen MR) is 72.6 cm³/mol. The van der Waals surface area contributed by atoms with Crippen molar-refractivity contribution in [3.8, 4) is 11.6 Å². The van der Waals surface area contributed by atoms with E-state index in [0.717, 1.165) is 0 Å². The molecule has 0 atom stereocenters. The minimum absolute atomic E-state index is 0.00515. The molecule has 2 rings (SSSR count). The molecule has 2 aromatic rings. The first-order valence-corrected chi connectivity index (χ1v) is 6.26. The van der Waals surface area contributed by atoms with Crippen LogP contribution < -0.4 is 4.74 Å². The van der Waals surface area contributed by atoms with E-state index in [1.165, 1.54) is 12.3 Å². The van der Waals surface area contributed by atoms with E-state index in [4.69, 9.17) is 16.3 Å². The average Bonchev–Trinajstić information content (AvgIpc) is 2.35. The van der Waals surface area contributed by atoms with Gasteiger partial charge >= 0.3 is 5.69 Å². The molecule has 19 heavy (non-hydrogen) atoms. The number of nitrogens with zero attached hydrogens (tertiary/aromatic N) is 3. The highest BCUT2D eigenvalue weighted by atomic mass is 79.9. The Hall–Kier alpha value is -1.73. The number of aryl methyl sites for hydroxylation is 1. The normalized spacial score (nSPS) is 10.3. The zero-order chi connectivity index (χ0) is 14.0. The van der Waals surface area contributed by atoms with Gasteiger partial charge in [-0.3, -0.25) is 10.1 Å². The van der Waals surface area contributed by atoms with Crippen molar-refractivity contribution in [1.82, 2.24) is 9.97 Å². The monoisotopic (exact) mass is 343 g/mol. The third-order valence-corrected chi connectivity index (χ3v) is 3.00. The maximum Gasteiger partial charge on any atom is 0.311 e. The van der Waals surface area contributed by atoms with Crippen molar-refractivity contribution in [3.63, 3.8) is 0 Å². The Morgan fingerprint density at radius 1 is 1.47 bits per heavy atom. The summed E-state index contributed by atoms with van der Waals surface area (Å²) in [7, 11) is 0. The molecule has 8 heteroatoms. The van der Waals surface area contributed by atoms with Crippen LogP contribution in [0, 0.1) is 17.0 Å². The molecular weight excluding hydrogens is 337 g/mol. The van der Waals surface area contributed by atoms with Crippen LogP contribution in [0.2, 0.25) is 5.28 Å². The van der Waals surface area contributed by atoms with Crippen LogP contribution in [0.15, 0.2) is 28.9 Å². The van der Waals surface area contributed by atoms with Gasteiger partial charge in [-0.25, -0.2) is 4.98 Å². The highest BCUT2D eigenvalue weighted by molar-refractivity contribution is 9.10. The number of ether oxygens (including phenoxy) is 1. The molecule has 6 nitrogen and oxygen atoms in total. The molecule has 1 aromatic carbocycles. The van der Waals surface area contributed by atoms with Gasteiger partial charge in [0.25, 0.3) is 0 Å². The minimum atomic E-state index is -0.515. The second-order valence-corrected chi connectivity index (χ2v) is 4.77. The zero-order valence-corrected chi connectivity index (χ0v) is 12.0. The number of hydrogen-bond acceptors (Lipinski definition) is 5. The van der Waals surface area contributed by atoms with Gasteiger partial charge in [0.05, 0.1) is 9.40 Å². The Bertz CT molecular complexity index is 651. The highest BCUT2D eigenvalue weighted by Gasteiger charge is 2.19. The van der Waals surface area contributed by atoms with Crippen molar-refractivity contribution in [2.24, 2.45) is 0 Å². The van der Waals surface area contributed by atoms with Crippen LogP contribution in [0.5, 0.6) is 11.6 Å². The lowest BCUT2D eigenvalue weighted by Crippen LogP contribution is -1.98. The lowest BCUT2D eigenvalue weighted by Gasteiger charge is -2.09. The van der Waals surface area contributed by atoms with Gasteiger partial charge in [0.2, 0.25) is 16.9 Å². The van der Waals surface area contributed by atoms with Crippen molar-refractivity contribution in [3.05, 3.63) is 49.8 Å². The van der Waals surface area contributed by atoms with Crippen molar-refractivity contribution in [1.29, 1.82) is 0 Å². The quantitative estimate of drug-likeness (QED) is 0.479. The molecule has 0 saturated heterocycles. The van der Waals surface area contributed by atoms with E-state index in [2.05, 4.69) is 25.9 Å². The van der Waals surface area contributed by atoms with E-state index < -0.39 is 4.92 Å². The average molecular weight is 345 g/mol. The van der Waals surface area contributed by atoms with Crippen LogP contribution in [0.25, 0.3) is 0 Å². The van der Waals surface area contributed by atoms with Gasteiger partial charge in [0.15, 0.2) is 0 Å². The summed E-state index contributed by atoms with van der Waals surface area (Å²) in [6, 6.07) is 4.65. The second-order valence-electron chi connectivity index (χ2n) is 3.57. The Balaban J connectivity index is 2.49. The van der Waals surface area contributed by atoms with Crippen molar-refractivity contribution in [2.45, 2.75) is 6.92 Å². The maximum absolute atomic E-state index is 11.0. The summed E-state index contributed by atoms with van der Waals surface area (Å²) < 4.78 is 5.94. The number of nitro groups is 1. The fraction of sp³-hybridized carbons (Fsp3) is 0.0909. The molecular formula is C11H7BrClN3O3. The molecule has 0 fully saturated rings. The zero-order valence-electron chi connectivity index (χ0n) is 9.63. The molecule has 1 aromatic heterocycles. The van der Waals surface area contributed by atoms with Gasteiger partial charge in [0, 0.05) is 12.3 Å².